The Bertz CT molecular complexity index is 345. The molecule has 0 bridgehead atoms. The van der Waals surface area contributed by atoms with Gasteiger partial charge in [0, 0.05) is 19.1 Å². The molecule has 0 aliphatic carbocycles. The number of fused-ring (bicyclic) bond motifs is 1. The standard InChI is InChI=1S/C8H7N.C3H6O2/c1-2-4-8-7(3-1)5-6-9-8;1-2-3(4)5/h1-4,6H,5H2;2H2,1H3,(H,4,5). The minimum Gasteiger partial charge on any atom is -0.481 e. The number of rotatable bonds is 1. The summed E-state index contributed by atoms with van der Waals surface area (Å²) >= 11 is 0. The summed E-state index contributed by atoms with van der Waals surface area (Å²) in [4.78, 5) is 13.5. The summed E-state index contributed by atoms with van der Waals surface area (Å²) in [5, 5.41) is 7.72. The Hall–Kier alpha value is -1.64. The summed E-state index contributed by atoms with van der Waals surface area (Å²) in [5.74, 6) is -0.745. The molecule has 1 N–H and O–H groups in total. The van der Waals surface area contributed by atoms with Crippen LogP contribution in [0.15, 0.2) is 29.3 Å². The smallest absolute Gasteiger partial charge is 0.303 e. The third kappa shape index (κ3) is 3.01. The van der Waals surface area contributed by atoms with E-state index in [2.05, 4.69) is 11.1 Å². The van der Waals surface area contributed by atoms with E-state index in [0.29, 0.717) is 0 Å². The summed E-state index contributed by atoms with van der Waals surface area (Å²) in [5.41, 5.74) is 2.48. The molecule has 1 aromatic carbocycles. The highest BCUT2D eigenvalue weighted by atomic mass is 16.4. The van der Waals surface area contributed by atoms with Crippen molar-refractivity contribution in [2.24, 2.45) is 4.99 Å². The van der Waals surface area contributed by atoms with Gasteiger partial charge in [-0.15, -0.1) is 0 Å². The van der Waals surface area contributed by atoms with Gasteiger partial charge in [0.2, 0.25) is 0 Å². The maximum atomic E-state index is 9.37. The zero-order chi connectivity index (χ0) is 10.4. The molecule has 0 aromatic heterocycles. The Balaban J connectivity index is 0.000000171. The van der Waals surface area contributed by atoms with Gasteiger partial charge in [-0.3, -0.25) is 9.79 Å². The molecular weight excluding hydrogens is 178 g/mol. The van der Waals surface area contributed by atoms with Gasteiger partial charge in [0.1, 0.15) is 0 Å². The number of carboxylic acids is 1. The molecule has 1 aromatic rings. The van der Waals surface area contributed by atoms with Gasteiger partial charge < -0.3 is 5.11 Å². The quantitative estimate of drug-likeness (QED) is 0.741. The molecule has 0 radical (unpaired) electrons. The van der Waals surface area contributed by atoms with E-state index in [-0.39, 0.29) is 6.42 Å². The van der Waals surface area contributed by atoms with Gasteiger partial charge in [-0.2, -0.15) is 0 Å². The van der Waals surface area contributed by atoms with Crippen LogP contribution in [-0.2, 0) is 11.2 Å². The first-order valence-electron chi connectivity index (χ1n) is 4.56. The second-order valence-corrected chi connectivity index (χ2v) is 2.89. The van der Waals surface area contributed by atoms with E-state index >= 15 is 0 Å². The Labute approximate surface area is 83.1 Å². The van der Waals surface area contributed by atoms with Crippen LogP contribution in [0, 0.1) is 0 Å². The first-order chi connectivity index (χ1) is 6.74. The Kier molecular flexibility index (Phi) is 3.85. The maximum absolute atomic E-state index is 9.37. The molecule has 2 rings (SSSR count). The Morgan fingerprint density at radius 2 is 2.14 bits per heavy atom. The second-order valence-electron chi connectivity index (χ2n) is 2.89. The molecule has 0 fully saturated rings. The SMILES string of the molecule is C1=Nc2ccccc2C1.CCC(=O)O. The van der Waals surface area contributed by atoms with Gasteiger partial charge in [0.25, 0.3) is 0 Å². The molecule has 0 atom stereocenters. The zero-order valence-corrected chi connectivity index (χ0v) is 8.10. The monoisotopic (exact) mass is 191 g/mol. The number of hydrogen-bond acceptors (Lipinski definition) is 2. The van der Waals surface area contributed by atoms with Gasteiger partial charge >= 0.3 is 5.97 Å². The van der Waals surface area contributed by atoms with Crippen molar-refractivity contribution in [2.45, 2.75) is 19.8 Å². The maximum Gasteiger partial charge on any atom is 0.303 e. The molecule has 0 unspecified atom stereocenters. The van der Waals surface area contributed by atoms with Crippen molar-refractivity contribution in [3.63, 3.8) is 0 Å². The minimum absolute atomic E-state index is 0.222. The van der Waals surface area contributed by atoms with Crippen LogP contribution in [0.25, 0.3) is 0 Å². The molecule has 0 saturated carbocycles. The van der Waals surface area contributed by atoms with Crippen LogP contribution in [0.3, 0.4) is 0 Å². The van der Waals surface area contributed by atoms with E-state index in [1.165, 1.54) is 5.56 Å². The van der Waals surface area contributed by atoms with Crippen LogP contribution < -0.4 is 0 Å². The third-order valence-corrected chi connectivity index (χ3v) is 1.84. The van der Waals surface area contributed by atoms with Crippen molar-refractivity contribution >= 4 is 17.9 Å². The highest BCUT2D eigenvalue weighted by Gasteiger charge is 2.01. The summed E-state index contributed by atoms with van der Waals surface area (Å²) in [7, 11) is 0. The van der Waals surface area contributed by atoms with E-state index in [4.69, 9.17) is 5.11 Å². The normalized spacial score (nSPS) is 11.5. The number of para-hydroxylation sites is 1. The summed E-state index contributed by atoms with van der Waals surface area (Å²) < 4.78 is 0. The fourth-order valence-electron chi connectivity index (χ4n) is 1.05. The zero-order valence-electron chi connectivity index (χ0n) is 8.10. The van der Waals surface area contributed by atoms with Crippen molar-refractivity contribution in [3.05, 3.63) is 29.8 Å². The summed E-state index contributed by atoms with van der Waals surface area (Å²) in [6.45, 7) is 1.60. The first-order valence-corrected chi connectivity index (χ1v) is 4.56. The Morgan fingerprint density at radius 1 is 1.50 bits per heavy atom. The molecular formula is C11H13NO2. The van der Waals surface area contributed by atoms with E-state index < -0.39 is 5.97 Å². The van der Waals surface area contributed by atoms with Gasteiger partial charge in [-0.1, -0.05) is 25.1 Å². The minimum atomic E-state index is -0.745. The van der Waals surface area contributed by atoms with Crippen LogP contribution in [0.4, 0.5) is 5.69 Å². The van der Waals surface area contributed by atoms with Crippen molar-refractivity contribution in [3.8, 4) is 0 Å². The van der Waals surface area contributed by atoms with Crippen LogP contribution in [-0.4, -0.2) is 17.3 Å². The number of aliphatic carboxylic acids is 1. The van der Waals surface area contributed by atoms with E-state index in [9.17, 15) is 4.79 Å². The fraction of sp³-hybridized carbons (Fsp3) is 0.273. The lowest BCUT2D eigenvalue weighted by Gasteiger charge is -1.91. The van der Waals surface area contributed by atoms with Crippen molar-refractivity contribution in [1.82, 2.24) is 0 Å². The number of nitrogens with zero attached hydrogens (tertiary/aromatic N) is 1. The van der Waals surface area contributed by atoms with Gasteiger partial charge in [0.15, 0.2) is 0 Å². The molecule has 3 nitrogen and oxygen atoms in total. The number of aliphatic imine (C=N–C) groups is 1. The van der Waals surface area contributed by atoms with Crippen molar-refractivity contribution in [1.29, 1.82) is 0 Å². The molecule has 14 heavy (non-hydrogen) atoms. The average molecular weight is 191 g/mol. The van der Waals surface area contributed by atoms with Crippen molar-refractivity contribution < 1.29 is 9.90 Å². The predicted molar refractivity (Wildman–Crippen MR) is 56.2 cm³/mol. The number of carboxylic acid groups (broad SMARTS) is 1. The molecule has 0 amide bonds. The average Bonchev–Trinajstić information content (AvgIpc) is 2.66. The largest absolute Gasteiger partial charge is 0.481 e. The van der Waals surface area contributed by atoms with E-state index in [1.807, 2.05) is 24.4 Å². The van der Waals surface area contributed by atoms with Gasteiger partial charge in [-0.05, 0) is 11.6 Å². The summed E-state index contributed by atoms with van der Waals surface area (Å²) in [6, 6.07) is 8.22. The topological polar surface area (TPSA) is 49.7 Å². The van der Waals surface area contributed by atoms with Crippen LogP contribution in [0.2, 0.25) is 0 Å². The molecule has 1 aliphatic rings. The Morgan fingerprint density at radius 3 is 2.71 bits per heavy atom. The van der Waals surface area contributed by atoms with Gasteiger partial charge in [0.05, 0.1) is 5.69 Å². The highest BCUT2D eigenvalue weighted by Crippen LogP contribution is 2.22. The lowest BCUT2D eigenvalue weighted by atomic mass is 10.2. The second kappa shape index (κ2) is 5.17. The molecule has 1 aliphatic heterocycles. The molecule has 0 spiro atoms. The number of hydrogen-bond donors (Lipinski definition) is 1. The lowest BCUT2D eigenvalue weighted by Crippen LogP contribution is -1.86. The number of benzene rings is 1. The van der Waals surface area contributed by atoms with Crippen LogP contribution >= 0.6 is 0 Å². The van der Waals surface area contributed by atoms with Crippen molar-refractivity contribution in [2.75, 3.05) is 0 Å². The third-order valence-electron chi connectivity index (χ3n) is 1.84. The van der Waals surface area contributed by atoms with Gasteiger partial charge in [-0.25, -0.2) is 0 Å². The first kappa shape index (κ1) is 10.4. The van der Waals surface area contributed by atoms with E-state index in [0.717, 1.165) is 12.1 Å². The number of carbonyl (C=O) groups is 1. The van der Waals surface area contributed by atoms with Crippen LogP contribution in [0.5, 0.6) is 0 Å². The fourth-order valence-corrected chi connectivity index (χ4v) is 1.05. The predicted octanol–water partition coefficient (Wildman–Crippen LogP) is 2.43. The molecule has 1 heterocycles. The molecule has 0 saturated heterocycles. The van der Waals surface area contributed by atoms with Crippen LogP contribution in [0.1, 0.15) is 18.9 Å². The van der Waals surface area contributed by atoms with E-state index in [1.54, 1.807) is 6.92 Å². The molecule has 3 heteroatoms. The highest BCUT2D eigenvalue weighted by molar-refractivity contribution is 5.75. The molecule has 74 valence electrons. The summed E-state index contributed by atoms with van der Waals surface area (Å²) in [6.07, 6.45) is 3.18. The lowest BCUT2D eigenvalue weighted by molar-refractivity contribution is -0.136.